The number of rotatable bonds is 4. The third kappa shape index (κ3) is 3.42. The zero-order chi connectivity index (χ0) is 17.9. The Morgan fingerprint density at radius 1 is 1.31 bits per heavy atom. The summed E-state index contributed by atoms with van der Waals surface area (Å²) in [6, 6.07) is 7.83. The number of nitrogens with one attached hydrogen (secondary N) is 2. The number of carbonyl (C=O) groups is 1. The number of fused-ring (bicyclic) bond motifs is 1. The first-order chi connectivity index (χ1) is 12.7. The molecule has 0 aromatic carbocycles. The molecule has 0 radical (unpaired) electrons. The lowest BCUT2D eigenvalue weighted by molar-refractivity contribution is -0.112. The highest BCUT2D eigenvalue weighted by Crippen LogP contribution is 2.20. The molecule has 130 valence electrons. The first kappa shape index (κ1) is 16.3. The van der Waals surface area contributed by atoms with Crippen molar-refractivity contribution in [1.82, 2.24) is 15.0 Å². The van der Waals surface area contributed by atoms with Gasteiger partial charge in [-0.1, -0.05) is 31.2 Å². The summed E-state index contributed by atoms with van der Waals surface area (Å²) in [4.78, 5) is 24.2. The number of carbonyl (C=O) groups excluding carboxylic acids is 1. The van der Waals surface area contributed by atoms with Crippen LogP contribution in [0.2, 0.25) is 0 Å². The molecule has 0 spiro atoms. The van der Waals surface area contributed by atoms with Gasteiger partial charge in [0.1, 0.15) is 11.5 Å². The van der Waals surface area contributed by atoms with Crippen LogP contribution in [0.5, 0.6) is 0 Å². The van der Waals surface area contributed by atoms with Crippen molar-refractivity contribution < 1.29 is 4.79 Å². The molecule has 0 saturated heterocycles. The summed E-state index contributed by atoms with van der Waals surface area (Å²) in [5.74, 6) is 0.837. The Morgan fingerprint density at radius 3 is 3.04 bits per heavy atom. The maximum atomic E-state index is 12.3. The Bertz CT molecular complexity index is 998. The van der Waals surface area contributed by atoms with Crippen molar-refractivity contribution in [2.24, 2.45) is 5.92 Å². The topological polar surface area (TPSA) is 70.7 Å². The fraction of sp³-hybridized carbons (Fsp3) is 0.190. The largest absolute Gasteiger partial charge is 0.346 e. The van der Waals surface area contributed by atoms with Crippen molar-refractivity contribution in [3.8, 4) is 0 Å². The molecule has 0 fully saturated rings. The van der Waals surface area contributed by atoms with Crippen molar-refractivity contribution in [1.29, 1.82) is 0 Å². The van der Waals surface area contributed by atoms with Crippen LogP contribution in [0.4, 0.5) is 5.82 Å². The van der Waals surface area contributed by atoms with E-state index in [2.05, 4.69) is 33.3 Å². The molecule has 1 aliphatic rings. The number of anilines is 1. The van der Waals surface area contributed by atoms with Gasteiger partial charge in [0.25, 0.3) is 5.91 Å². The van der Waals surface area contributed by atoms with Crippen LogP contribution in [0, 0.1) is 5.92 Å². The number of aromatic nitrogens is 3. The number of aromatic amines is 1. The van der Waals surface area contributed by atoms with Gasteiger partial charge < -0.3 is 10.3 Å². The summed E-state index contributed by atoms with van der Waals surface area (Å²) >= 11 is 0. The molecule has 3 aromatic heterocycles. The smallest absolute Gasteiger partial charge is 0.256 e. The predicted molar refractivity (Wildman–Crippen MR) is 103 cm³/mol. The van der Waals surface area contributed by atoms with E-state index in [9.17, 15) is 4.79 Å². The number of pyridine rings is 2. The number of allylic oxidation sites excluding steroid dienone is 2. The molecular weight excluding hydrogens is 324 g/mol. The Labute approximate surface area is 151 Å². The van der Waals surface area contributed by atoms with E-state index in [4.69, 9.17) is 0 Å². The second-order valence-corrected chi connectivity index (χ2v) is 6.63. The zero-order valence-corrected chi connectivity index (χ0v) is 14.6. The van der Waals surface area contributed by atoms with Gasteiger partial charge in [0.05, 0.1) is 0 Å². The molecular formula is C21H20N4O. The average Bonchev–Trinajstić information content (AvgIpc) is 3.06. The van der Waals surface area contributed by atoms with Crippen LogP contribution >= 0.6 is 0 Å². The molecule has 5 heteroatoms. The van der Waals surface area contributed by atoms with Crippen LogP contribution in [0.1, 0.15) is 24.5 Å². The third-order valence-corrected chi connectivity index (χ3v) is 4.53. The highest BCUT2D eigenvalue weighted by molar-refractivity contribution is 6.05. The van der Waals surface area contributed by atoms with E-state index in [1.54, 1.807) is 12.4 Å². The van der Waals surface area contributed by atoms with Crippen molar-refractivity contribution >= 4 is 22.8 Å². The highest BCUT2D eigenvalue weighted by Gasteiger charge is 2.12. The minimum atomic E-state index is -0.115. The summed E-state index contributed by atoms with van der Waals surface area (Å²) in [7, 11) is 0. The van der Waals surface area contributed by atoms with Crippen LogP contribution in [0.15, 0.2) is 66.7 Å². The maximum Gasteiger partial charge on any atom is 0.256 e. The highest BCUT2D eigenvalue weighted by atomic mass is 16.1. The summed E-state index contributed by atoms with van der Waals surface area (Å²) in [5, 5.41) is 3.98. The van der Waals surface area contributed by atoms with E-state index in [1.807, 2.05) is 42.6 Å². The lowest BCUT2D eigenvalue weighted by atomic mass is 9.98. The number of hydrogen-bond acceptors (Lipinski definition) is 3. The molecule has 1 amide bonds. The second kappa shape index (κ2) is 6.96. The van der Waals surface area contributed by atoms with E-state index < -0.39 is 0 Å². The quantitative estimate of drug-likeness (QED) is 0.751. The molecule has 0 saturated carbocycles. The van der Waals surface area contributed by atoms with E-state index in [-0.39, 0.29) is 5.91 Å². The van der Waals surface area contributed by atoms with Crippen LogP contribution in [0.25, 0.3) is 11.0 Å². The van der Waals surface area contributed by atoms with Gasteiger partial charge in [0.2, 0.25) is 0 Å². The van der Waals surface area contributed by atoms with Crippen LogP contribution in [-0.2, 0) is 11.2 Å². The van der Waals surface area contributed by atoms with Gasteiger partial charge >= 0.3 is 0 Å². The first-order valence-corrected chi connectivity index (χ1v) is 8.74. The second-order valence-electron chi connectivity index (χ2n) is 6.63. The molecule has 3 heterocycles. The van der Waals surface area contributed by atoms with Gasteiger partial charge in [-0.2, -0.15) is 0 Å². The van der Waals surface area contributed by atoms with E-state index in [1.165, 1.54) is 5.56 Å². The molecule has 5 nitrogen and oxygen atoms in total. The Kier molecular flexibility index (Phi) is 4.35. The average molecular weight is 344 g/mol. The van der Waals surface area contributed by atoms with Crippen molar-refractivity contribution in [2.45, 2.75) is 19.8 Å². The molecule has 0 bridgehead atoms. The molecule has 1 atom stereocenters. The predicted octanol–water partition coefficient (Wildman–Crippen LogP) is 4.01. The van der Waals surface area contributed by atoms with Gasteiger partial charge in [-0.15, -0.1) is 0 Å². The molecule has 2 N–H and O–H groups in total. The van der Waals surface area contributed by atoms with Crippen LogP contribution in [-0.4, -0.2) is 20.9 Å². The molecule has 3 aromatic rings. The summed E-state index contributed by atoms with van der Waals surface area (Å²) in [6.45, 7) is 2.10. The van der Waals surface area contributed by atoms with Crippen molar-refractivity contribution in [2.75, 3.05) is 5.32 Å². The van der Waals surface area contributed by atoms with Gasteiger partial charge in [0.15, 0.2) is 0 Å². The normalized spacial score (nSPS) is 16.5. The number of amides is 1. The Hall–Kier alpha value is -3.21. The SMILES string of the molecule is CC1C=C(C(=O)Nc2ccc(Cc3c[nH]c4ncccc34)cn2)C=CC1. The fourth-order valence-electron chi connectivity index (χ4n) is 3.16. The lowest BCUT2D eigenvalue weighted by Crippen LogP contribution is -2.16. The number of H-pyrrole nitrogens is 1. The van der Waals surface area contributed by atoms with Crippen LogP contribution < -0.4 is 5.32 Å². The lowest BCUT2D eigenvalue weighted by Gasteiger charge is -2.12. The third-order valence-electron chi connectivity index (χ3n) is 4.53. The molecule has 0 aliphatic heterocycles. The number of hydrogen-bond donors (Lipinski definition) is 2. The standard InChI is InChI=1S/C21H20N4O/c1-14-4-2-5-16(10-14)21(26)25-19-8-7-15(12-23-19)11-17-13-24-20-18(17)6-3-9-22-20/h2-3,5-10,12-14H,4,11H2,1H3,(H,22,24)(H,23,25,26). The summed E-state index contributed by atoms with van der Waals surface area (Å²) in [6.07, 6.45) is 13.2. The molecule has 1 unspecified atom stereocenters. The molecule has 26 heavy (non-hydrogen) atoms. The summed E-state index contributed by atoms with van der Waals surface area (Å²) in [5.41, 5.74) is 3.85. The first-order valence-electron chi connectivity index (χ1n) is 8.74. The van der Waals surface area contributed by atoms with E-state index in [0.29, 0.717) is 17.3 Å². The summed E-state index contributed by atoms with van der Waals surface area (Å²) < 4.78 is 0. The zero-order valence-electron chi connectivity index (χ0n) is 14.6. The van der Waals surface area contributed by atoms with Gasteiger partial charge in [-0.05, 0) is 41.7 Å². The molecule has 1 aliphatic carbocycles. The fourth-order valence-corrected chi connectivity index (χ4v) is 3.16. The Morgan fingerprint density at radius 2 is 2.23 bits per heavy atom. The van der Waals surface area contributed by atoms with Gasteiger partial charge in [0, 0.05) is 36.0 Å². The maximum absolute atomic E-state index is 12.3. The van der Waals surface area contributed by atoms with E-state index in [0.717, 1.165) is 29.4 Å². The Balaban J connectivity index is 1.45. The van der Waals surface area contributed by atoms with Gasteiger partial charge in [-0.3, -0.25) is 4.79 Å². The number of nitrogens with zero attached hydrogens (tertiary/aromatic N) is 2. The van der Waals surface area contributed by atoms with Gasteiger partial charge in [-0.25, -0.2) is 9.97 Å². The van der Waals surface area contributed by atoms with Crippen molar-refractivity contribution in [3.63, 3.8) is 0 Å². The van der Waals surface area contributed by atoms with E-state index >= 15 is 0 Å². The van der Waals surface area contributed by atoms with Crippen molar-refractivity contribution in [3.05, 3.63) is 77.8 Å². The minimum Gasteiger partial charge on any atom is -0.346 e. The minimum absolute atomic E-state index is 0.115. The van der Waals surface area contributed by atoms with Crippen LogP contribution in [0.3, 0.4) is 0 Å². The molecule has 4 rings (SSSR count). The monoisotopic (exact) mass is 344 g/mol.